The van der Waals surface area contributed by atoms with E-state index in [1.165, 1.54) is 12.1 Å². The number of hydrogen-bond acceptors (Lipinski definition) is 3. The fourth-order valence-corrected chi connectivity index (χ4v) is 2.60. The molecule has 0 radical (unpaired) electrons. The Morgan fingerprint density at radius 1 is 0.852 bits per heavy atom. The van der Waals surface area contributed by atoms with E-state index in [1.54, 1.807) is 24.3 Å². The molecule has 0 aliphatic carbocycles. The standard InChI is InChI=1S/C23H19NO3/c25-21-9-5-4-8-20(21)22(26)15-14-17-10-12-18(13-11-17)16-23(27)24-19-6-2-1-3-7-19/h1-15,25H,16H2,(H,24,27)/b15-14+. The Balaban J connectivity index is 1.59. The van der Waals surface area contributed by atoms with Crippen molar-refractivity contribution >= 4 is 23.5 Å². The van der Waals surface area contributed by atoms with Crippen LogP contribution in [-0.2, 0) is 11.2 Å². The molecule has 3 aromatic rings. The first-order valence-corrected chi connectivity index (χ1v) is 8.56. The van der Waals surface area contributed by atoms with E-state index in [-0.39, 0.29) is 29.4 Å². The zero-order chi connectivity index (χ0) is 19.1. The molecule has 2 N–H and O–H groups in total. The van der Waals surface area contributed by atoms with E-state index in [0.29, 0.717) is 0 Å². The van der Waals surface area contributed by atoms with E-state index in [2.05, 4.69) is 5.32 Å². The van der Waals surface area contributed by atoms with Crippen molar-refractivity contribution in [3.63, 3.8) is 0 Å². The largest absolute Gasteiger partial charge is 0.507 e. The molecule has 0 aliphatic rings. The number of benzene rings is 3. The molecule has 0 atom stereocenters. The summed E-state index contributed by atoms with van der Waals surface area (Å²) in [7, 11) is 0. The molecule has 4 nitrogen and oxygen atoms in total. The summed E-state index contributed by atoms with van der Waals surface area (Å²) in [5.74, 6) is -0.384. The first-order chi connectivity index (χ1) is 13.1. The molecule has 0 aromatic heterocycles. The molecule has 0 saturated heterocycles. The Morgan fingerprint density at radius 3 is 2.22 bits per heavy atom. The Kier molecular flexibility index (Phi) is 5.80. The minimum atomic E-state index is -0.264. The second kappa shape index (κ2) is 8.63. The molecule has 0 saturated carbocycles. The number of aromatic hydroxyl groups is 1. The number of allylic oxidation sites excluding steroid dienone is 1. The number of anilines is 1. The van der Waals surface area contributed by atoms with Gasteiger partial charge in [-0.15, -0.1) is 0 Å². The highest BCUT2D eigenvalue weighted by atomic mass is 16.3. The van der Waals surface area contributed by atoms with E-state index in [4.69, 9.17) is 0 Å². The minimum absolute atomic E-state index is 0.0353. The molecule has 0 unspecified atom stereocenters. The zero-order valence-electron chi connectivity index (χ0n) is 14.6. The quantitative estimate of drug-likeness (QED) is 0.505. The summed E-state index contributed by atoms with van der Waals surface area (Å²) in [6.07, 6.45) is 3.38. The second-order valence-electron chi connectivity index (χ2n) is 6.05. The van der Waals surface area contributed by atoms with Gasteiger partial charge in [0.25, 0.3) is 0 Å². The van der Waals surface area contributed by atoms with Gasteiger partial charge in [-0.25, -0.2) is 0 Å². The third-order valence-electron chi connectivity index (χ3n) is 4.00. The molecule has 0 fully saturated rings. The van der Waals surface area contributed by atoms with Crippen LogP contribution in [0.3, 0.4) is 0 Å². The number of para-hydroxylation sites is 2. The Morgan fingerprint density at radius 2 is 1.52 bits per heavy atom. The molecule has 4 heteroatoms. The number of ketones is 1. The van der Waals surface area contributed by atoms with Gasteiger partial charge < -0.3 is 10.4 Å². The fourth-order valence-electron chi connectivity index (χ4n) is 2.60. The summed E-state index contributed by atoms with van der Waals surface area (Å²) >= 11 is 0. The molecule has 0 heterocycles. The summed E-state index contributed by atoms with van der Waals surface area (Å²) in [5.41, 5.74) is 2.76. The third-order valence-corrected chi connectivity index (χ3v) is 4.00. The van der Waals surface area contributed by atoms with Gasteiger partial charge in [0, 0.05) is 5.69 Å². The molecule has 3 rings (SSSR count). The van der Waals surface area contributed by atoms with E-state index in [0.717, 1.165) is 16.8 Å². The number of carbonyl (C=O) groups is 2. The van der Waals surface area contributed by atoms with Crippen LogP contribution in [-0.4, -0.2) is 16.8 Å². The van der Waals surface area contributed by atoms with Gasteiger partial charge in [-0.3, -0.25) is 9.59 Å². The van der Waals surface area contributed by atoms with E-state index in [1.807, 2.05) is 54.6 Å². The monoisotopic (exact) mass is 357 g/mol. The maximum atomic E-state index is 12.1. The number of phenols is 1. The lowest BCUT2D eigenvalue weighted by molar-refractivity contribution is -0.115. The second-order valence-corrected chi connectivity index (χ2v) is 6.05. The molecule has 0 aliphatic heterocycles. The first-order valence-electron chi connectivity index (χ1n) is 8.56. The average Bonchev–Trinajstić information content (AvgIpc) is 2.68. The Hall–Kier alpha value is -3.66. The van der Waals surface area contributed by atoms with Gasteiger partial charge in [0.05, 0.1) is 12.0 Å². The molecular formula is C23H19NO3. The topological polar surface area (TPSA) is 66.4 Å². The first kappa shape index (κ1) is 18.1. The van der Waals surface area contributed by atoms with Gasteiger partial charge >= 0.3 is 0 Å². The van der Waals surface area contributed by atoms with Crippen LogP contribution in [0, 0.1) is 0 Å². The minimum Gasteiger partial charge on any atom is -0.507 e. The number of amides is 1. The number of hydrogen-bond donors (Lipinski definition) is 2. The number of carbonyl (C=O) groups excluding carboxylic acids is 2. The highest BCUT2D eigenvalue weighted by Crippen LogP contribution is 2.17. The maximum absolute atomic E-state index is 12.1. The Bertz CT molecular complexity index is 960. The van der Waals surface area contributed by atoms with Crippen LogP contribution in [0.15, 0.2) is 84.9 Å². The van der Waals surface area contributed by atoms with Crippen molar-refractivity contribution in [3.8, 4) is 5.75 Å². The van der Waals surface area contributed by atoms with Crippen molar-refractivity contribution in [2.24, 2.45) is 0 Å². The molecule has 27 heavy (non-hydrogen) atoms. The van der Waals surface area contributed by atoms with Gasteiger partial charge in [0.1, 0.15) is 5.75 Å². The number of phenolic OH excluding ortho intramolecular Hbond substituents is 1. The summed E-state index contributed by atoms with van der Waals surface area (Å²) in [6, 6.07) is 23.2. The molecule has 3 aromatic carbocycles. The SMILES string of the molecule is O=C(Cc1ccc(/C=C/C(=O)c2ccccc2O)cc1)Nc1ccccc1. The van der Waals surface area contributed by atoms with Gasteiger partial charge in [-0.2, -0.15) is 0 Å². The Labute approximate surface area is 157 Å². The third kappa shape index (κ3) is 5.16. The smallest absolute Gasteiger partial charge is 0.228 e. The van der Waals surface area contributed by atoms with Gasteiger partial charge in [-0.1, -0.05) is 60.7 Å². The predicted molar refractivity (Wildman–Crippen MR) is 107 cm³/mol. The van der Waals surface area contributed by atoms with Crippen molar-refractivity contribution in [2.45, 2.75) is 6.42 Å². The number of rotatable bonds is 6. The predicted octanol–water partition coefficient (Wildman–Crippen LogP) is 4.47. The van der Waals surface area contributed by atoms with Crippen molar-refractivity contribution in [1.82, 2.24) is 0 Å². The molecule has 0 bridgehead atoms. The van der Waals surface area contributed by atoms with Crippen LogP contribution < -0.4 is 5.32 Å². The van der Waals surface area contributed by atoms with Crippen molar-refractivity contribution in [1.29, 1.82) is 0 Å². The molecule has 134 valence electrons. The fraction of sp³-hybridized carbons (Fsp3) is 0.0435. The lowest BCUT2D eigenvalue weighted by atomic mass is 10.1. The van der Waals surface area contributed by atoms with E-state index >= 15 is 0 Å². The summed E-state index contributed by atoms with van der Waals surface area (Å²) < 4.78 is 0. The van der Waals surface area contributed by atoms with Crippen LogP contribution >= 0.6 is 0 Å². The highest BCUT2D eigenvalue weighted by molar-refractivity contribution is 6.08. The summed E-state index contributed by atoms with van der Waals surface area (Å²) in [6.45, 7) is 0. The normalized spacial score (nSPS) is 10.7. The zero-order valence-corrected chi connectivity index (χ0v) is 14.6. The molecule has 0 spiro atoms. The van der Waals surface area contributed by atoms with E-state index < -0.39 is 0 Å². The average molecular weight is 357 g/mol. The lowest BCUT2D eigenvalue weighted by Gasteiger charge is -2.05. The number of nitrogens with one attached hydrogen (secondary N) is 1. The van der Waals surface area contributed by atoms with Crippen LogP contribution in [0.4, 0.5) is 5.69 Å². The van der Waals surface area contributed by atoms with E-state index in [9.17, 15) is 14.7 Å². The van der Waals surface area contributed by atoms with Gasteiger partial charge in [-0.05, 0) is 41.5 Å². The molecule has 1 amide bonds. The van der Waals surface area contributed by atoms with Crippen LogP contribution in [0.1, 0.15) is 21.5 Å². The van der Waals surface area contributed by atoms with Crippen LogP contribution in [0.25, 0.3) is 6.08 Å². The maximum Gasteiger partial charge on any atom is 0.228 e. The van der Waals surface area contributed by atoms with Crippen LogP contribution in [0.2, 0.25) is 0 Å². The van der Waals surface area contributed by atoms with Crippen LogP contribution in [0.5, 0.6) is 5.75 Å². The van der Waals surface area contributed by atoms with Gasteiger partial charge in [0.15, 0.2) is 5.78 Å². The molecular weight excluding hydrogens is 338 g/mol. The van der Waals surface area contributed by atoms with Crippen molar-refractivity contribution in [3.05, 3.63) is 102 Å². The van der Waals surface area contributed by atoms with Gasteiger partial charge in [0.2, 0.25) is 5.91 Å². The van der Waals surface area contributed by atoms with Crippen molar-refractivity contribution in [2.75, 3.05) is 5.32 Å². The lowest BCUT2D eigenvalue weighted by Crippen LogP contribution is -2.14. The highest BCUT2D eigenvalue weighted by Gasteiger charge is 2.07. The van der Waals surface area contributed by atoms with Crippen molar-refractivity contribution < 1.29 is 14.7 Å². The summed E-state index contributed by atoms with van der Waals surface area (Å²) in [4.78, 5) is 24.2. The summed E-state index contributed by atoms with van der Waals surface area (Å²) in [5, 5.41) is 12.6.